The normalized spacial score (nSPS) is 10.6. The molecule has 0 atom stereocenters. The first-order valence-corrected chi connectivity index (χ1v) is 7.09. The van der Waals surface area contributed by atoms with Gasteiger partial charge in [-0.25, -0.2) is 4.98 Å². The van der Waals surface area contributed by atoms with Gasteiger partial charge in [-0.05, 0) is 41.4 Å². The molecule has 0 spiro atoms. The summed E-state index contributed by atoms with van der Waals surface area (Å²) in [5.74, 6) is 0.102. The molecule has 106 valence electrons. The fraction of sp³-hybridized carbons (Fsp3) is 0.308. The van der Waals surface area contributed by atoms with Crippen molar-refractivity contribution in [1.29, 1.82) is 0 Å². The standard InChI is InChI=1S/C13H16BrN5O/c1-3-4-9-11(15)12(19-18-9)13(20)17-10-6-5-8(14)7(2)16-10/h5-6H,3-4,15H2,1-2H3,(H,18,19)(H,16,17,20). The highest BCUT2D eigenvalue weighted by atomic mass is 79.9. The van der Waals surface area contributed by atoms with Crippen molar-refractivity contribution in [3.05, 3.63) is 33.7 Å². The number of rotatable bonds is 4. The number of halogens is 1. The summed E-state index contributed by atoms with van der Waals surface area (Å²) in [4.78, 5) is 16.4. The van der Waals surface area contributed by atoms with Gasteiger partial charge in [0.15, 0.2) is 5.69 Å². The zero-order valence-electron chi connectivity index (χ0n) is 11.3. The van der Waals surface area contributed by atoms with Crippen LogP contribution in [-0.4, -0.2) is 21.1 Å². The van der Waals surface area contributed by atoms with Gasteiger partial charge in [-0.15, -0.1) is 0 Å². The van der Waals surface area contributed by atoms with Crippen LogP contribution in [0.4, 0.5) is 11.5 Å². The van der Waals surface area contributed by atoms with Crippen molar-refractivity contribution in [3.63, 3.8) is 0 Å². The van der Waals surface area contributed by atoms with Crippen LogP contribution in [0.2, 0.25) is 0 Å². The van der Waals surface area contributed by atoms with Gasteiger partial charge in [0.1, 0.15) is 5.82 Å². The molecule has 6 nitrogen and oxygen atoms in total. The Balaban J connectivity index is 2.17. The summed E-state index contributed by atoms with van der Waals surface area (Å²) < 4.78 is 0.889. The number of hydrogen-bond acceptors (Lipinski definition) is 4. The van der Waals surface area contributed by atoms with E-state index in [1.807, 2.05) is 19.9 Å². The summed E-state index contributed by atoms with van der Waals surface area (Å²) >= 11 is 3.36. The molecule has 0 saturated heterocycles. The Morgan fingerprint density at radius 1 is 1.50 bits per heavy atom. The number of anilines is 2. The van der Waals surface area contributed by atoms with Gasteiger partial charge in [-0.2, -0.15) is 5.10 Å². The highest BCUT2D eigenvalue weighted by Gasteiger charge is 2.17. The fourth-order valence-electron chi connectivity index (χ4n) is 1.79. The maximum Gasteiger partial charge on any atom is 0.279 e. The topological polar surface area (TPSA) is 96.7 Å². The zero-order valence-corrected chi connectivity index (χ0v) is 12.9. The number of aryl methyl sites for hydroxylation is 2. The van der Waals surface area contributed by atoms with Gasteiger partial charge < -0.3 is 11.1 Å². The molecule has 7 heteroatoms. The molecular formula is C13H16BrN5O. The Morgan fingerprint density at radius 3 is 2.90 bits per heavy atom. The van der Waals surface area contributed by atoms with E-state index >= 15 is 0 Å². The second-order valence-corrected chi connectivity index (χ2v) is 5.29. The maximum absolute atomic E-state index is 12.1. The molecular weight excluding hydrogens is 322 g/mol. The van der Waals surface area contributed by atoms with Gasteiger partial charge in [0, 0.05) is 4.47 Å². The smallest absolute Gasteiger partial charge is 0.279 e. The predicted molar refractivity (Wildman–Crippen MR) is 81.6 cm³/mol. The molecule has 0 radical (unpaired) electrons. The number of aromatic amines is 1. The molecule has 0 unspecified atom stereocenters. The molecule has 0 aromatic carbocycles. The number of nitrogens with zero attached hydrogens (tertiary/aromatic N) is 2. The first-order chi connectivity index (χ1) is 9.52. The number of amides is 1. The van der Waals surface area contributed by atoms with E-state index in [9.17, 15) is 4.79 Å². The fourth-order valence-corrected chi connectivity index (χ4v) is 2.01. The van der Waals surface area contributed by atoms with Crippen LogP contribution in [0, 0.1) is 6.92 Å². The summed E-state index contributed by atoms with van der Waals surface area (Å²) in [7, 11) is 0. The lowest BCUT2D eigenvalue weighted by Crippen LogP contribution is -2.15. The van der Waals surface area contributed by atoms with Crippen LogP contribution in [0.1, 0.15) is 35.2 Å². The molecule has 2 rings (SSSR count). The van der Waals surface area contributed by atoms with Gasteiger partial charge in [-0.3, -0.25) is 9.89 Å². The average molecular weight is 338 g/mol. The lowest BCUT2D eigenvalue weighted by Gasteiger charge is -2.05. The number of hydrogen-bond donors (Lipinski definition) is 3. The van der Waals surface area contributed by atoms with Crippen LogP contribution in [0.25, 0.3) is 0 Å². The van der Waals surface area contributed by atoms with E-state index in [-0.39, 0.29) is 11.6 Å². The molecule has 2 heterocycles. The maximum atomic E-state index is 12.1. The van der Waals surface area contributed by atoms with Crippen molar-refractivity contribution in [1.82, 2.24) is 15.2 Å². The zero-order chi connectivity index (χ0) is 14.7. The van der Waals surface area contributed by atoms with E-state index < -0.39 is 0 Å². The van der Waals surface area contributed by atoms with Gasteiger partial charge in [0.25, 0.3) is 5.91 Å². The number of nitrogens with one attached hydrogen (secondary N) is 2. The van der Waals surface area contributed by atoms with Gasteiger partial charge in [0.05, 0.1) is 17.1 Å². The molecule has 0 saturated carbocycles. The SMILES string of the molecule is CCCc1[nH]nc(C(=O)Nc2ccc(Br)c(C)n2)c1N. The highest BCUT2D eigenvalue weighted by Crippen LogP contribution is 2.19. The van der Waals surface area contributed by atoms with E-state index in [4.69, 9.17) is 5.73 Å². The van der Waals surface area contributed by atoms with Crippen LogP contribution in [-0.2, 0) is 6.42 Å². The second kappa shape index (κ2) is 6.04. The number of pyridine rings is 1. The minimum atomic E-state index is -0.365. The molecule has 0 fully saturated rings. The van der Waals surface area contributed by atoms with Crippen LogP contribution < -0.4 is 11.1 Å². The third-order valence-corrected chi connectivity index (χ3v) is 3.70. The Kier molecular flexibility index (Phi) is 4.39. The van der Waals surface area contributed by atoms with Crippen molar-refractivity contribution in [2.45, 2.75) is 26.7 Å². The van der Waals surface area contributed by atoms with Crippen molar-refractivity contribution >= 4 is 33.3 Å². The van der Waals surface area contributed by atoms with Crippen molar-refractivity contribution in [2.24, 2.45) is 0 Å². The molecule has 20 heavy (non-hydrogen) atoms. The monoisotopic (exact) mass is 337 g/mol. The number of nitrogen functional groups attached to an aromatic ring is 1. The van der Waals surface area contributed by atoms with Crippen LogP contribution in [0.3, 0.4) is 0 Å². The highest BCUT2D eigenvalue weighted by molar-refractivity contribution is 9.10. The Morgan fingerprint density at radius 2 is 2.25 bits per heavy atom. The summed E-state index contributed by atoms with van der Waals surface area (Å²) in [6.07, 6.45) is 1.70. The van der Waals surface area contributed by atoms with Gasteiger partial charge >= 0.3 is 0 Å². The summed E-state index contributed by atoms with van der Waals surface area (Å²) in [5.41, 5.74) is 8.11. The minimum Gasteiger partial charge on any atom is -0.395 e. The quantitative estimate of drug-likeness (QED) is 0.798. The largest absolute Gasteiger partial charge is 0.395 e. The van der Waals surface area contributed by atoms with Crippen LogP contribution >= 0.6 is 15.9 Å². The van der Waals surface area contributed by atoms with E-state index in [2.05, 4.69) is 36.4 Å². The molecule has 2 aromatic rings. The summed E-state index contributed by atoms with van der Waals surface area (Å²) in [5, 5.41) is 9.46. The molecule has 0 bridgehead atoms. The van der Waals surface area contributed by atoms with Crippen molar-refractivity contribution < 1.29 is 4.79 Å². The van der Waals surface area contributed by atoms with E-state index in [1.54, 1.807) is 6.07 Å². The summed E-state index contributed by atoms with van der Waals surface area (Å²) in [6.45, 7) is 3.89. The van der Waals surface area contributed by atoms with Gasteiger partial charge in [-0.1, -0.05) is 13.3 Å². The number of H-pyrrole nitrogens is 1. The van der Waals surface area contributed by atoms with Crippen molar-refractivity contribution in [3.8, 4) is 0 Å². The first kappa shape index (κ1) is 14.5. The minimum absolute atomic E-state index is 0.204. The van der Waals surface area contributed by atoms with Crippen LogP contribution in [0.5, 0.6) is 0 Å². The van der Waals surface area contributed by atoms with Crippen molar-refractivity contribution in [2.75, 3.05) is 11.1 Å². The molecule has 0 aliphatic heterocycles. The molecule has 0 aliphatic rings. The summed E-state index contributed by atoms with van der Waals surface area (Å²) in [6, 6.07) is 3.54. The molecule has 4 N–H and O–H groups in total. The Hall–Kier alpha value is -1.89. The third kappa shape index (κ3) is 2.98. The molecule has 2 aromatic heterocycles. The lowest BCUT2D eigenvalue weighted by molar-refractivity contribution is 0.102. The number of carbonyl (C=O) groups excluding carboxylic acids is 1. The van der Waals surface area contributed by atoms with Gasteiger partial charge in [0.2, 0.25) is 0 Å². The molecule has 0 aliphatic carbocycles. The number of carbonyl (C=O) groups is 1. The Bertz CT molecular complexity index is 638. The van der Waals surface area contributed by atoms with E-state index in [1.165, 1.54) is 0 Å². The number of nitrogens with two attached hydrogens (primary N) is 1. The number of aromatic nitrogens is 3. The first-order valence-electron chi connectivity index (χ1n) is 6.30. The lowest BCUT2D eigenvalue weighted by atomic mass is 10.2. The van der Waals surface area contributed by atoms with E-state index in [0.717, 1.165) is 28.7 Å². The predicted octanol–water partition coefficient (Wildman–Crippen LogP) is 2.66. The Labute approximate surface area is 125 Å². The van der Waals surface area contributed by atoms with Crippen LogP contribution in [0.15, 0.2) is 16.6 Å². The van der Waals surface area contributed by atoms with E-state index in [0.29, 0.717) is 11.5 Å². The third-order valence-electron chi connectivity index (χ3n) is 2.86. The molecule has 1 amide bonds. The average Bonchev–Trinajstić information content (AvgIpc) is 2.76. The second-order valence-electron chi connectivity index (χ2n) is 4.43.